The van der Waals surface area contributed by atoms with Gasteiger partial charge in [-0.25, -0.2) is 0 Å². The largest absolute Gasteiger partial charge is 0.491 e. The number of rotatable bonds is 5. The summed E-state index contributed by atoms with van der Waals surface area (Å²) in [4.78, 5) is 12.6. The van der Waals surface area contributed by atoms with Gasteiger partial charge in [0.1, 0.15) is 5.75 Å². The zero-order chi connectivity index (χ0) is 16.2. The zero-order valence-electron chi connectivity index (χ0n) is 12.6. The molecule has 0 fully saturated rings. The maximum absolute atomic E-state index is 12.6. The SMILES string of the molecule is CCCOc1ccc(Cl)cc1NC(=O)c1cccc2c1OCO2. The Hall–Kier alpha value is -2.40. The minimum Gasteiger partial charge on any atom is -0.491 e. The van der Waals surface area contributed by atoms with Gasteiger partial charge in [-0.3, -0.25) is 4.79 Å². The number of carbonyl (C=O) groups excluding carboxylic acids is 1. The number of carbonyl (C=O) groups is 1. The standard InChI is InChI=1S/C17H16ClNO4/c1-2-8-21-14-7-6-11(18)9-13(14)19-17(20)12-4-3-5-15-16(12)23-10-22-15/h3-7,9H,2,8,10H2,1H3,(H,19,20). The van der Waals surface area contributed by atoms with Gasteiger partial charge in [0.2, 0.25) is 6.79 Å². The molecular weight excluding hydrogens is 318 g/mol. The molecule has 1 amide bonds. The van der Waals surface area contributed by atoms with Gasteiger partial charge in [-0.2, -0.15) is 0 Å². The molecule has 1 heterocycles. The monoisotopic (exact) mass is 333 g/mol. The second kappa shape index (κ2) is 6.79. The van der Waals surface area contributed by atoms with Crippen molar-refractivity contribution in [1.82, 2.24) is 0 Å². The van der Waals surface area contributed by atoms with Crippen molar-refractivity contribution in [3.05, 3.63) is 47.0 Å². The number of para-hydroxylation sites is 1. The van der Waals surface area contributed by atoms with E-state index in [4.69, 9.17) is 25.8 Å². The highest BCUT2D eigenvalue weighted by atomic mass is 35.5. The van der Waals surface area contributed by atoms with E-state index >= 15 is 0 Å². The van der Waals surface area contributed by atoms with E-state index in [2.05, 4.69) is 5.32 Å². The van der Waals surface area contributed by atoms with Gasteiger partial charge < -0.3 is 19.5 Å². The lowest BCUT2D eigenvalue weighted by Crippen LogP contribution is -2.14. The Morgan fingerprint density at radius 2 is 2.17 bits per heavy atom. The predicted octanol–water partition coefficient (Wildman–Crippen LogP) is 4.11. The van der Waals surface area contributed by atoms with Gasteiger partial charge in [-0.05, 0) is 36.8 Å². The molecule has 0 saturated carbocycles. The highest BCUT2D eigenvalue weighted by Gasteiger charge is 2.22. The first-order valence-corrected chi connectivity index (χ1v) is 7.69. The molecular formula is C17H16ClNO4. The van der Waals surface area contributed by atoms with E-state index in [-0.39, 0.29) is 12.7 Å². The Bertz CT molecular complexity index is 733. The van der Waals surface area contributed by atoms with E-state index in [1.165, 1.54) is 0 Å². The highest BCUT2D eigenvalue weighted by molar-refractivity contribution is 6.31. The molecule has 6 heteroatoms. The van der Waals surface area contributed by atoms with Crippen LogP contribution in [0.15, 0.2) is 36.4 Å². The highest BCUT2D eigenvalue weighted by Crippen LogP contribution is 2.36. The molecule has 0 spiro atoms. The second-order valence-electron chi connectivity index (χ2n) is 4.98. The molecule has 0 bridgehead atoms. The number of fused-ring (bicyclic) bond motifs is 1. The quantitative estimate of drug-likeness (QED) is 0.894. The predicted molar refractivity (Wildman–Crippen MR) is 87.8 cm³/mol. The molecule has 0 atom stereocenters. The molecule has 2 aromatic rings. The summed E-state index contributed by atoms with van der Waals surface area (Å²) >= 11 is 6.02. The van der Waals surface area contributed by atoms with Gasteiger partial charge in [0.05, 0.1) is 17.9 Å². The van der Waals surface area contributed by atoms with Crippen LogP contribution in [0.5, 0.6) is 17.2 Å². The molecule has 1 N–H and O–H groups in total. The molecule has 23 heavy (non-hydrogen) atoms. The molecule has 0 saturated heterocycles. The van der Waals surface area contributed by atoms with Crippen molar-refractivity contribution in [1.29, 1.82) is 0 Å². The van der Waals surface area contributed by atoms with Crippen molar-refractivity contribution in [2.75, 3.05) is 18.7 Å². The van der Waals surface area contributed by atoms with Crippen LogP contribution >= 0.6 is 11.6 Å². The summed E-state index contributed by atoms with van der Waals surface area (Å²) in [6.45, 7) is 2.68. The fourth-order valence-corrected chi connectivity index (χ4v) is 2.41. The van der Waals surface area contributed by atoms with Crippen molar-refractivity contribution < 1.29 is 19.0 Å². The van der Waals surface area contributed by atoms with Crippen LogP contribution in [0.1, 0.15) is 23.7 Å². The summed E-state index contributed by atoms with van der Waals surface area (Å²) in [5, 5.41) is 3.34. The van der Waals surface area contributed by atoms with E-state index in [0.29, 0.717) is 40.1 Å². The molecule has 3 rings (SSSR count). The van der Waals surface area contributed by atoms with E-state index in [1.807, 2.05) is 6.92 Å². The molecule has 2 aromatic carbocycles. The van der Waals surface area contributed by atoms with Crippen LogP contribution in [-0.4, -0.2) is 19.3 Å². The van der Waals surface area contributed by atoms with Crippen molar-refractivity contribution in [2.24, 2.45) is 0 Å². The van der Waals surface area contributed by atoms with Crippen molar-refractivity contribution in [3.8, 4) is 17.2 Å². The average Bonchev–Trinajstić information content (AvgIpc) is 3.02. The van der Waals surface area contributed by atoms with Crippen LogP contribution in [0.3, 0.4) is 0 Å². The van der Waals surface area contributed by atoms with Gasteiger partial charge in [0.25, 0.3) is 5.91 Å². The Morgan fingerprint density at radius 3 is 3.00 bits per heavy atom. The number of amides is 1. The second-order valence-corrected chi connectivity index (χ2v) is 5.42. The Kier molecular flexibility index (Phi) is 4.57. The van der Waals surface area contributed by atoms with Crippen LogP contribution in [0.4, 0.5) is 5.69 Å². The molecule has 0 unspecified atom stereocenters. The third-order valence-electron chi connectivity index (χ3n) is 3.29. The first-order valence-electron chi connectivity index (χ1n) is 7.31. The van der Waals surface area contributed by atoms with Gasteiger partial charge >= 0.3 is 0 Å². The van der Waals surface area contributed by atoms with Gasteiger partial charge in [-0.1, -0.05) is 24.6 Å². The average molecular weight is 334 g/mol. The maximum atomic E-state index is 12.6. The number of anilines is 1. The zero-order valence-corrected chi connectivity index (χ0v) is 13.4. The normalized spacial score (nSPS) is 12.1. The van der Waals surface area contributed by atoms with Gasteiger partial charge in [0.15, 0.2) is 11.5 Å². The van der Waals surface area contributed by atoms with E-state index < -0.39 is 0 Å². The number of halogens is 1. The fourth-order valence-electron chi connectivity index (χ4n) is 2.24. The van der Waals surface area contributed by atoms with Crippen molar-refractivity contribution >= 4 is 23.2 Å². The number of nitrogens with one attached hydrogen (secondary N) is 1. The summed E-state index contributed by atoms with van der Waals surface area (Å²) in [6, 6.07) is 10.3. The lowest BCUT2D eigenvalue weighted by Gasteiger charge is -2.13. The van der Waals surface area contributed by atoms with E-state index in [1.54, 1.807) is 36.4 Å². The molecule has 0 radical (unpaired) electrons. The van der Waals surface area contributed by atoms with Crippen LogP contribution in [0, 0.1) is 0 Å². The number of benzene rings is 2. The topological polar surface area (TPSA) is 56.8 Å². The lowest BCUT2D eigenvalue weighted by atomic mass is 10.1. The first kappa shape index (κ1) is 15.5. The Morgan fingerprint density at radius 1 is 1.30 bits per heavy atom. The van der Waals surface area contributed by atoms with E-state index in [0.717, 1.165) is 6.42 Å². The van der Waals surface area contributed by atoms with Crippen LogP contribution < -0.4 is 19.5 Å². The molecule has 120 valence electrons. The summed E-state index contributed by atoms with van der Waals surface area (Å²) in [5.74, 6) is 1.28. The Labute approximate surface area is 139 Å². The smallest absolute Gasteiger partial charge is 0.259 e. The van der Waals surface area contributed by atoms with Gasteiger partial charge in [-0.15, -0.1) is 0 Å². The minimum atomic E-state index is -0.309. The number of ether oxygens (including phenoxy) is 3. The summed E-state index contributed by atoms with van der Waals surface area (Å²) in [5.41, 5.74) is 0.925. The van der Waals surface area contributed by atoms with Crippen LogP contribution in [-0.2, 0) is 0 Å². The molecule has 5 nitrogen and oxygen atoms in total. The first-order chi connectivity index (χ1) is 11.2. The molecule has 1 aliphatic heterocycles. The summed E-state index contributed by atoms with van der Waals surface area (Å²) in [6.07, 6.45) is 0.868. The van der Waals surface area contributed by atoms with E-state index in [9.17, 15) is 4.79 Å². The molecule has 0 aliphatic carbocycles. The molecule has 0 aromatic heterocycles. The van der Waals surface area contributed by atoms with Crippen LogP contribution in [0.25, 0.3) is 0 Å². The summed E-state index contributed by atoms with van der Waals surface area (Å²) < 4.78 is 16.3. The van der Waals surface area contributed by atoms with Crippen LogP contribution in [0.2, 0.25) is 5.02 Å². The van der Waals surface area contributed by atoms with Gasteiger partial charge in [0, 0.05) is 5.02 Å². The molecule has 1 aliphatic rings. The van der Waals surface area contributed by atoms with Crippen molar-refractivity contribution in [3.63, 3.8) is 0 Å². The van der Waals surface area contributed by atoms with Crippen molar-refractivity contribution in [2.45, 2.75) is 13.3 Å². The maximum Gasteiger partial charge on any atom is 0.259 e. The Balaban J connectivity index is 1.86. The lowest BCUT2D eigenvalue weighted by molar-refractivity contribution is 0.102. The number of hydrogen-bond donors (Lipinski definition) is 1. The third kappa shape index (κ3) is 3.35. The minimum absolute atomic E-state index is 0.113. The number of hydrogen-bond acceptors (Lipinski definition) is 4. The summed E-state index contributed by atoms with van der Waals surface area (Å²) in [7, 11) is 0. The fraction of sp³-hybridized carbons (Fsp3) is 0.235. The third-order valence-corrected chi connectivity index (χ3v) is 3.53.